The van der Waals surface area contributed by atoms with Crippen LogP contribution in [0.3, 0.4) is 0 Å². The van der Waals surface area contributed by atoms with Crippen molar-refractivity contribution in [2.75, 3.05) is 33.1 Å². The lowest BCUT2D eigenvalue weighted by Gasteiger charge is -2.58. The largest absolute Gasteiger partial charge is 0.378 e. The van der Waals surface area contributed by atoms with Crippen LogP contribution in [0.15, 0.2) is 12.3 Å². The molecule has 0 radical (unpaired) electrons. The van der Waals surface area contributed by atoms with Gasteiger partial charge in [-0.25, -0.2) is 4.79 Å². The molecule has 1 heterocycles. The highest BCUT2D eigenvalue weighted by Gasteiger charge is 2.58. The van der Waals surface area contributed by atoms with Gasteiger partial charge in [0.2, 0.25) is 0 Å². The summed E-state index contributed by atoms with van der Waals surface area (Å²) in [7, 11) is 5.76. The van der Waals surface area contributed by atoms with E-state index in [9.17, 15) is 4.79 Å². The first kappa shape index (κ1) is 17.7. The number of methoxy groups -OCH3 is 1. The van der Waals surface area contributed by atoms with Crippen LogP contribution in [0.5, 0.6) is 0 Å². The minimum Gasteiger partial charge on any atom is -0.378 e. The zero-order valence-electron chi connectivity index (χ0n) is 15.0. The molecular weight excluding hydrogens is 294 g/mol. The van der Waals surface area contributed by atoms with Gasteiger partial charge in [-0.3, -0.25) is 10.00 Å². The van der Waals surface area contributed by atoms with Gasteiger partial charge in [-0.15, -0.1) is 0 Å². The number of nitrogens with zero attached hydrogens (tertiary/aromatic N) is 3. The van der Waals surface area contributed by atoms with E-state index in [-0.39, 0.29) is 23.1 Å². The Morgan fingerprint density at radius 2 is 2.17 bits per heavy atom. The van der Waals surface area contributed by atoms with Gasteiger partial charge in [0.05, 0.1) is 12.1 Å². The molecule has 2 atom stereocenters. The van der Waals surface area contributed by atoms with Crippen LogP contribution in [-0.2, 0) is 11.3 Å². The Bertz CT molecular complexity index is 554. The van der Waals surface area contributed by atoms with E-state index in [0.717, 1.165) is 19.5 Å². The van der Waals surface area contributed by atoms with Gasteiger partial charge < -0.3 is 15.0 Å². The van der Waals surface area contributed by atoms with Gasteiger partial charge >= 0.3 is 6.03 Å². The summed E-state index contributed by atoms with van der Waals surface area (Å²) in [4.78, 5) is 14.2. The Labute approximate surface area is 138 Å². The van der Waals surface area contributed by atoms with Crippen molar-refractivity contribution in [3.05, 3.63) is 12.3 Å². The fraction of sp³-hybridized carbons (Fsp3) is 0.750. The maximum absolute atomic E-state index is 12.2. The Kier molecular flexibility index (Phi) is 5.01. The fourth-order valence-electron chi connectivity index (χ4n) is 2.89. The van der Waals surface area contributed by atoms with E-state index in [1.807, 2.05) is 25.0 Å². The summed E-state index contributed by atoms with van der Waals surface area (Å²) in [6.07, 6.45) is 2.68. The normalized spacial score (nSPS) is 26.0. The molecule has 1 saturated carbocycles. The summed E-state index contributed by atoms with van der Waals surface area (Å²) >= 11 is 0. The topological polar surface area (TPSA) is 71.4 Å². The van der Waals surface area contributed by atoms with E-state index in [1.165, 1.54) is 0 Å². The lowest BCUT2D eigenvalue weighted by molar-refractivity contribution is -0.177. The van der Waals surface area contributed by atoms with Gasteiger partial charge in [-0.05, 0) is 27.4 Å². The van der Waals surface area contributed by atoms with Gasteiger partial charge in [-0.1, -0.05) is 13.8 Å². The van der Waals surface area contributed by atoms with Crippen LogP contribution in [-0.4, -0.2) is 60.1 Å². The summed E-state index contributed by atoms with van der Waals surface area (Å²) in [5, 5.41) is 10.2. The molecule has 2 amide bonds. The van der Waals surface area contributed by atoms with Gasteiger partial charge in [0.1, 0.15) is 0 Å². The second-order valence-electron chi connectivity index (χ2n) is 7.28. The highest BCUT2D eigenvalue weighted by atomic mass is 16.5. The second kappa shape index (κ2) is 6.49. The zero-order valence-corrected chi connectivity index (χ0v) is 15.0. The molecule has 2 rings (SSSR count). The number of anilines is 1. The quantitative estimate of drug-likeness (QED) is 0.837. The van der Waals surface area contributed by atoms with E-state index in [4.69, 9.17) is 4.74 Å². The standard InChI is InChI=1S/C16H29N5O2/c1-15(2)12(11-16(15,3)23-6)17-14(22)18-13-7-8-21(19-13)10-9-20(4)5/h7-8,12H,9-11H2,1-6H3,(H2,17,18,19,22)/t12-,16+/m0/s1. The molecule has 1 fully saturated rings. The van der Waals surface area contributed by atoms with Crippen molar-refractivity contribution in [1.29, 1.82) is 0 Å². The number of carbonyl (C=O) groups excluding carboxylic acids is 1. The minimum atomic E-state index is -0.223. The first-order valence-electron chi connectivity index (χ1n) is 7.99. The Morgan fingerprint density at radius 3 is 2.74 bits per heavy atom. The van der Waals surface area contributed by atoms with E-state index in [2.05, 4.69) is 41.4 Å². The molecule has 1 aliphatic carbocycles. The van der Waals surface area contributed by atoms with Crippen molar-refractivity contribution in [3.8, 4) is 0 Å². The van der Waals surface area contributed by atoms with Crippen LogP contribution in [0, 0.1) is 5.41 Å². The van der Waals surface area contributed by atoms with Crippen molar-refractivity contribution in [1.82, 2.24) is 20.0 Å². The zero-order chi connectivity index (χ0) is 17.3. The molecule has 0 unspecified atom stereocenters. The number of rotatable bonds is 6. The summed E-state index contributed by atoms with van der Waals surface area (Å²) in [6, 6.07) is 1.67. The smallest absolute Gasteiger partial charge is 0.320 e. The maximum atomic E-state index is 12.2. The molecule has 0 bridgehead atoms. The third kappa shape index (κ3) is 3.67. The number of aromatic nitrogens is 2. The number of amides is 2. The monoisotopic (exact) mass is 323 g/mol. The molecule has 2 N–H and O–H groups in total. The van der Waals surface area contributed by atoms with Crippen molar-refractivity contribution >= 4 is 11.8 Å². The molecule has 1 aliphatic rings. The van der Waals surface area contributed by atoms with Crippen LogP contribution < -0.4 is 10.6 Å². The average molecular weight is 323 g/mol. The van der Waals surface area contributed by atoms with Crippen molar-refractivity contribution < 1.29 is 9.53 Å². The second-order valence-corrected chi connectivity index (χ2v) is 7.28. The molecule has 0 aliphatic heterocycles. The maximum Gasteiger partial charge on any atom is 0.320 e. The Balaban J connectivity index is 1.84. The first-order chi connectivity index (χ1) is 10.7. The number of hydrogen-bond donors (Lipinski definition) is 2. The summed E-state index contributed by atoms with van der Waals surface area (Å²) in [6.45, 7) is 7.99. The van der Waals surface area contributed by atoms with Crippen molar-refractivity contribution in [2.24, 2.45) is 5.41 Å². The molecule has 0 aromatic carbocycles. The SMILES string of the molecule is CO[C@]1(C)C[C@H](NC(=O)Nc2ccn(CCN(C)C)n2)C1(C)C. The van der Waals surface area contributed by atoms with Crippen LogP contribution in [0.25, 0.3) is 0 Å². The lowest BCUT2D eigenvalue weighted by atomic mass is 9.56. The van der Waals surface area contributed by atoms with E-state index < -0.39 is 0 Å². The molecule has 0 spiro atoms. The lowest BCUT2D eigenvalue weighted by Crippen LogP contribution is -2.68. The predicted octanol–water partition coefficient (Wildman–Crippen LogP) is 1.77. The van der Waals surface area contributed by atoms with Gasteiger partial charge in [0.25, 0.3) is 0 Å². The minimum absolute atomic E-state index is 0.0864. The van der Waals surface area contributed by atoms with E-state index in [0.29, 0.717) is 5.82 Å². The average Bonchev–Trinajstić information content (AvgIpc) is 2.91. The predicted molar refractivity (Wildman–Crippen MR) is 90.5 cm³/mol. The number of nitrogens with one attached hydrogen (secondary N) is 2. The van der Waals surface area contributed by atoms with E-state index in [1.54, 1.807) is 13.2 Å². The number of hydrogen-bond acceptors (Lipinski definition) is 4. The van der Waals surface area contributed by atoms with Crippen LogP contribution in [0.1, 0.15) is 27.2 Å². The molecular formula is C16H29N5O2. The molecule has 7 nitrogen and oxygen atoms in total. The van der Waals surface area contributed by atoms with Crippen LogP contribution in [0.2, 0.25) is 0 Å². The van der Waals surface area contributed by atoms with Crippen molar-refractivity contribution in [2.45, 2.75) is 45.4 Å². The third-order valence-corrected chi connectivity index (χ3v) is 5.24. The van der Waals surface area contributed by atoms with Crippen LogP contribution >= 0.6 is 0 Å². The van der Waals surface area contributed by atoms with Gasteiger partial charge in [0, 0.05) is 37.4 Å². The number of likely N-dealkylation sites (N-methyl/N-ethyl adjacent to an activating group) is 1. The summed E-state index contributed by atoms with van der Waals surface area (Å²) in [5.41, 5.74) is -0.303. The summed E-state index contributed by atoms with van der Waals surface area (Å²) < 4.78 is 7.40. The van der Waals surface area contributed by atoms with Gasteiger partial charge in [-0.2, -0.15) is 5.10 Å². The summed E-state index contributed by atoms with van der Waals surface area (Å²) in [5.74, 6) is 0.563. The van der Waals surface area contributed by atoms with Gasteiger partial charge in [0.15, 0.2) is 5.82 Å². The molecule has 0 saturated heterocycles. The highest BCUT2D eigenvalue weighted by Crippen LogP contribution is 2.51. The van der Waals surface area contributed by atoms with E-state index >= 15 is 0 Å². The molecule has 1 aromatic rings. The fourth-order valence-corrected chi connectivity index (χ4v) is 2.89. The highest BCUT2D eigenvalue weighted by molar-refractivity contribution is 5.88. The Hall–Kier alpha value is -1.60. The molecule has 7 heteroatoms. The number of ether oxygens (including phenoxy) is 1. The van der Waals surface area contributed by atoms with Crippen molar-refractivity contribution in [3.63, 3.8) is 0 Å². The molecule has 130 valence electrons. The molecule has 23 heavy (non-hydrogen) atoms. The van der Waals surface area contributed by atoms with Crippen LogP contribution in [0.4, 0.5) is 10.6 Å². The number of carbonyl (C=O) groups is 1. The molecule has 1 aromatic heterocycles. The third-order valence-electron chi connectivity index (χ3n) is 5.24. The number of urea groups is 1. The Morgan fingerprint density at radius 1 is 1.48 bits per heavy atom. The first-order valence-corrected chi connectivity index (χ1v) is 7.99.